The number of hydrogen-bond acceptors (Lipinski definition) is 6. The number of aromatic nitrogens is 2. The number of anilines is 1. The van der Waals surface area contributed by atoms with Gasteiger partial charge in [0.25, 0.3) is 0 Å². The van der Waals surface area contributed by atoms with Crippen LogP contribution in [0.25, 0.3) is 0 Å². The number of aliphatic hydroxyl groups is 1. The number of piperidine rings is 2. The fourth-order valence-electron chi connectivity index (χ4n) is 3.47. The minimum absolute atomic E-state index is 0.162. The minimum atomic E-state index is -0.253. The molecule has 2 aliphatic heterocycles. The fourth-order valence-corrected chi connectivity index (χ4v) is 3.57. The molecule has 2 fully saturated rings. The summed E-state index contributed by atoms with van der Waals surface area (Å²) >= 11 is 5.92. The Balaban J connectivity index is 1.50. The Morgan fingerprint density at radius 2 is 2.08 bits per heavy atom. The van der Waals surface area contributed by atoms with Crippen LogP contribution >= 0.6 is 11.6 Å². The molecule has 3 rings (SSSR count). The number of halogens is 1. The first-order valence-corrected chi connectivity index (χ1v) is 9.33. The van der Waals surface area contributed by atoms with E-state index in [2.05, 4.69) is 20.4 Å². The Hall–Kier alpha value is -1.44. The molecule has 3 heterocycles. The van der Waals surface area contributed by atoms with E-state index in [0.717, 1.165) is 37.3 Å². The molecule has 2 aliphatic rings. The van der Waals surface area contributed by atoms with Crippen molar-refractivity contribution in [3.8, 4) is 0 Å². The number of amides is 1. The zero-order valence-corrected chi connectivity index (χ0v) is 15.4. The highest BCUT2D eigenvalue weighted by Gasteiger charge is 2.26. The first kappa shape index (κ1) is 18.4. The second-order valence-electron chi connectivity index (χ2n) is 7.03. The summed E-state index contributed by atoms with van der Waals surface area (Å²) in [6.45, 7) is 5.42. The van der Waals surface area contributed by atoms with E-state index in [9.17, 15) is 9.90 Å². The molecular weight excluding hydrogens is 342 g/mol. The smallest absolute Gasteiger partial charge is 0.236 e. The van der Waals surface area contributed by atoms with E-state index >= 15 is 0 Å². The highest BCUT2D eigenvalue weighted by Crippen LogP contribution is 2.18. The van der Waals surface area contributed by atoms with Gasteiger partial charge in [-0.25, -0.2) is 0 Å². The van der Waals surface area contributed by atoms with Gasteiger partial charge in [0.05, 0.1) is 12.6 Å². The number of likely N-dealkylation sites (tertiary alicyclic amines) is 2. The van der Waals surface area contributed by atoms with Gasteiger partial charge in [0, 0.05) is 25.7 Å². The summed E-state index contributed by atoms with van der Waals surface area (Å²) in [7, 11) is 0. The van der Waals surface area contributed by atoms with Crippen LogP contribution in [0.4, 0.5) is 5.82 Å². The van der Waals surface area contributed by atoms with E-state index < -0.39 is 0 Å². The van der Waals surface area contributed by atoms with Crippen molar-refractivity contribution in [2.45, 2.75) is 44.8 Å². The van der Waals surface area contributed by atoms with Crippen molar-refractivity contribution >= 4 is 23.3 Å². The lowest BCUT2D eigenvalue weighted by Crippen LogP contribution is -2.49. The number of carbonyl (C=O) groups is 1. The monoisotopic (exact) mass is 367 g/mol. The maximum absolute atomic E-state index is 12.5. The molecule has 1 aromatic heterocycles. The molecule has 1 atom stereocenters. The van der Waals surface area contributed by atoms with Crippen LogP contribution in [0, 0.1) is 6.92 Å². The lowest BCUT2D eigenvalue weighted by molar-refractivity contribution is -0.134. The first-order valence-electron chi connectivity index (χ1n) is 8.96. The Morgan fingerprint density at radius 1 is 1.32 bits per heavy atom. The lowest BCUT2D eigenvalue weighted by atomic mass is 10.1. The van der Waals surface area contributed by atoms with Gasteiger partial charge in [-0.15, -0.1) is 10.2 Å². The Morgan fingerprint density at radius 3 is 2.80 bits per heavy atom. The van der Waals surface area contributed by atoms with Crippen molar-refractivity contribution in [3.63, 3.8) is 0 Å². The summed E-state index contributed by atoms with van der Waals surface area (Å²) < 4.78 is 0. The molecule has 138 valence electrons. The number of nitrogens with zero attached hydrogens (tertiary/aromatic N) is 4. The lowest BCUT2D eigenvalue weighted by Gasteiger charge is -2.35. The molecule has 25 heavy (non-hydrogen) atoms. The van der Waals surface area contributed by atoms with E-state index in [-0.39, 0.29) is 18.1 Å². The average Bonchev–Trinajstić information content (AvgIpc) is 2.59. The van der Waals surface area contributed by atoms with Crippen molar-refractivity contribution in [2.24, 2.45) is 0 Å². The Kier molecular flexibility index (Phi) is 6.09. The third kappa shape index (κ3) is 5.03. The minimum Gasteiger partial charge on any atom is -0.393 e. The number of nitrogens with one attached hydrogen (secondary N) is 1. The van der Waals surface area contributed by atoms with Crippen molar-refractivity contribution in [1.82, 2.24) is 20.0 Å². The van der Waals surface area contributed by atoms with Gasteiger partial charge in [-0.3, -0.25) is 9.69 Å². The Labute approximate surface area is 153 Å². The van der Waals surface area contributed by atoms with Gasteiger partial charge in [0.15, 0.2) is 5.15 Å². The first-order chi connectivity index (χ1) is 12.0. The van der Waals surface area contributed by atoms with Crippen molar-refractivity contribution < 1.29 is 9.90 Å². The third-order valence-corrected chi connectivity index (χ3v) is 5.33. The number of aliphatic hydroxyl groups excluding tert-OH is 1. The van der Waals surface area contributed by atoms with Gasteiger partial charge in [0.1, 0.15) is 5.82 Å². The largest absolute Gasteiger partial charge is 0.393 e. The maximum Gasteiger partial charge on any atom is 0.236 e. The zero-order valence-electron chi connectivity index (χ0n) is 14.6. The molecule has 0 aromatic carbocycles. The van der Waals surface area contributed by atoms with E-state index in [4.69, 9.17) is 11.6 Å². The van der Waals surface area contributed by atoms with Crippen molar-refractivity contribution in [2.75, 3.05) is 38.0 Å². The quantitative estimate of drug-likeness (QED) is 0.834. The fraction of sp³-hybridized carbons (Fsp3) is 0.706. The van der Waals surface area contributed by atoms with Crippen LogP contribution in [0.1, 0.15) is 31.2 Å². The molecular formula is C17H26ClN5O2. The van der Waals surface area contributed by atoms with E-state index in [1.54, 1.807) is 0 Å². The number of hydrogen-bond donors (Lipinski definition) is 2. The topological polar surface area (TPSA) is 81.6 Å². The Bertz CT molecular complexity index is 607. The number of carbonyl (C=O) groups excluding carboxylic acids is 1. The van der Waals surface area contributed by atoms with Crippen LogP contribution in [-0.4, -0.2) is 75.9 Å². The van der Waals surface area contributed by atoms with E-state index in [1.165, 1.54) is 0 Å². The maximum atomic E-state index is 12.5. The predicted octanol–water partition coefficient (Wildman–Crippen LogP) is 1.30. The van der Waals surface area contributed by atoms with Gasteiger partial charge < -0.3 is 15.3 Å². The van der Waals surface area contributed by atoms with Gasteiger partial charge >= 0.3 is 0 Å². The van der Waals surface area contributed by atoms with Crippen molar-refractivity contribution in [3.05, 3.63) is 16.8 Å². The summed E-state index contributed by atoms with van der Waals surface area (Å²) in [4.78, 5) is 16.5. The van der Waals surface area contributed by atoms with Crippen LogP contribution in [0.5, 0.6) is 0 Å². The molecule has 0 saturated carbocycles. The zero-order chi connectivity index (χ0) is 17.8. The summed E-state index contributed by atoms with van der Waals surface area (Å²) in [6.07, 6.45) is 3.21. The molecule has 0 unspecified atom stereocenters. The molecule has 0 radical (unpaired) electrons. The molecule has 0 aliphatic carbocycles. The van der Waals surface area contributed by atoms with Crippen LogP contribution in [0.2, 0.25) is 5.15 Å². The van der Waals surface area contributed by atoms with E-state index in [1.807, 2.05) is 17.9 Å². The van der Waals surface area contributed by atoms with Crippen LogP contribution in [-0.2, 0) is 4.79 Å². The van der Waals surface area contributed by atoms with Gasteiger partial charge in [0.2, 0.25) is 5.91 Å². The molecule has 2 saturated heterocycles. The summed E-state index contributed by atoms with van der Waals surface area (Å²) in [5.74, 6) is 0.889. The number of aryl methyl sites for hydroxylation is 1. The van der Waals surface area contributed by atoms with Crippen molar-refractivity contribution in [1.29, 1.82) is 0 Å². The standard InChI is InChI=1S/C17H26ClN5O2/c1-12-9-15(20-21-17(12)18)19-13-3-2-6-22(10-13)11-16(25)23-7-4-14(24)5-8-23/h9,13-14,24H,2-8,10-11H2,1H3,(H,19,20)/t13-/m1/s1. The second kappa shape index (κ2) is 8.29. The van der Waals surface area contributed by atoms with E-state index in [0.29, 0.717) is 37.6 Å². The molecule has 1 amide bonds. The highest BCUT2D eigenvalue weighted by atomic mass is 35.5. The third-order valence-electron chi connectivity index (χ3n) is 4.96. The summed E-state index contributed by atoms with van der Waals surface area (Å²) in [5.41, 5.74) is 0.897. The van der Waals surface area contributed by atoms with Gasteiger partial charge in [-0.1, -0.05) is 11.6 Å². The van der Waals surface area contributed by atoms with Crippen LogP contribution in [0.3, 0.4) is 0 Å². The molecule has 8 heteroatoms. The molecule has 2 N–H and O–H groups in total. The number of rotatable bonds is 4. The van der Waals surface area contributed by atoms with Crippen LogP contribution in [0.15, 0.2) is 6.07 Å². The molecule has 7 nitrogen and oxygen atoms in total. The normalized spacial score (nSPS) is 22.8. The second-order valence-corrected chi connectivity index (χ2v) is 7.39. The summed E-state index contributed by atoms with van der Waals surface area (Å²) in [5, 5.41) is 21.4. The molecule has 0 spiro atoms. The van der Waals surface area contributed by atoms with Crippen LogP contribution < -0.4 is 5.32 Å². The van der Waals surface area contributed by atoms with Gasteiger partial charge in [-0.2, -0.15) is 0 Å². The molecule has 1 aromatic rings. The highest BCUT2D eigenvalue weighted by molar-refractivity contribution is 6.30. The average molecular weight is 368 g/mol. The van der Waals surface area contributed by atoms with Gasteiger partial charge in [-0.05, 0) is 50.8 Å². The predicted molar refractivity (Wildman–Crippen MR) is 96.7 cm³/mol. The summed E-state index contributed by atoms with van der Waals surface area (Å²) in [6, 6.07) is 2.15. The SMILES string of the molecule is Cc1cc(N[C@@H]2CCCN(CC(=O)N3CCC(O)CC3)C2)nnc1Cl. The molecule has 0 bridgehead atoms.